The molecule has 4 heteroatoms. The van der Waals surface area contributed by atoms with Crippen molar-refractivity contribution in [3.05, 3.63) is 65.7 Å². The molecule has 3 N–H and O–H groups in total. The van der Waals surface area contributed by atoms with E-state index in [1.807, 2.05) is 75.4 Å². The highest BCUT2D eigenvalue weighted by Crippen LogP contribution is 2.28. The highest BCUT2D eigenvalue weighted by atomic mass is 16.5. The van der Waals surface area contributed by atoms with E-state index in [0.29, 0.717) is 0 Å². The lowest BCUT2D eigenvalue weighted by atomic mass is 10.0. The van der Waals surface area contributed by atoms with E-state index in [9.17, 15) is 4.79 Å². The molecule has 0 spiro atoms. The van der Waals surface area contributed by atoms with Crippen LogP contribution in [0.3, 0.4) is 0 Å². The minimum Gasteiger partial charge on any atom is -0.491 e. The Hall–Kier alpha value is -2.33. The van der Waals surface area contributed by atoms with E-state index in [4.69, 9.17) is 10.5 Å². The Bertz CT molecular complexity index is 641. The Morgan fingerprint density at radius 1 is 1.00 bits per heavy atom. The van der Waals surface area contributed by atoms with Crippen molar-refractivity contribution in [2.45, 2.75) is 39.0 Å². The summed E-state index contributed by atoms with van der Waals surface area (Å²) in [4.78, 5) is 11.9. The van der Waals surface area contributed by atoms with Crippen LogP contribution in [0.15, 0.2) is 54.6 Å². The van der Waals surface area contributed by atoms with Gasteiger partial charge in [0.2, 0.25) is 5.91 Å². The predicted octanol–water partition coefficient (Wildman–Crippen LogP) is 3.35. The molecule has 2 rings (SSSR count). The van der Waals surface area contributed by atoms with Crippen LogP contribution in [-0.4, -0.2) is 12.0 Å². The third kappa shape index (κ3) is 4.57. The monoisotopic (exact) mass is 312 g/mol. The first kappa shape index (κ1) is 17.0. The number of hydrogen-bond acceptors (Lipinski definition) is 3. The summed E-state index contributed by atoms with van der Waals surface area (Å²) in [5.41, 5.74) is 7.44. The van der Waals surface area contributed by atoms with E-state index in [-0.39, 0.29) is 12.1 Å². The zero-order chi connectivity index (χ0) is 16.8. The van der Waals surface area contributed by atoms with Crippen LogP contribution in [-0.2, 0) is 4.79 Å². The van der Waals surface area contributed by atoms with Crippen LogP contribution >= 0.6 is 0 Å². The second-order valence-electron chi connectivity index (χ2n) is 5.84. The number of hydrogen-bond donors (Lipinski definition) is 2. The quantitative estimate of drug-likeness (QED) is 0.824. The molecule has 23 heavy (non-hydrogen) atoms. The fourth-order valence-electron chi connectivity index (χ4n) is 2.53. The van der Waals surface area contributed by atoms with Gasteiger partial charge in [0.15, 0.2) is 0 Å². The molecule has 0 aromatic heterocycles. The molecule has 0 bridgehead atoms. The summed E-state index contributed by atoms with van der Waals surface area (Å²) in [6, 6.07) is 16.7. The lowest BCUT2D eigenvalue weighted by Gasteiger charge is -2.24. The summed E-state index contributed by atoms with van der Waals surface area (Å²) in [5, 5.41) is 3.31. The molecule has 122 valence electrons. The third-order valence-corrected chi connectivity index (χ3v) is 3.58. The van der Waals surface area contributed by atoms with Crippen molar-refractivity contribution >= 4 is 5.91 Å². The molecule has 2 aromatic carbocycles. The second-order valence-corrected chi connectivity index (χ2v) is 5.84. The van der Waals surface area contributed by atoms with E-state index in [0.717, 1.165) is 16.9 Å². The van der Waals surface area contributed by atoms with Crippen LogP contribution in [0.25, 0.3) is 0 Å². The number of para-hydroxylation sites is 1. The molecule has 0 saturated carbocycles. The highest BCUT2D eigenvalue weighted by Gasteiger charge is 2.22. The first-order valence-electron chi connectivity index (χ1n) is 7.85. The van der Waals surface area contributed by atoms with E-state index in [2.05, 4.69) is 5.32 Å². The Morgan fingerprint density at radius 3 is 2.22 bits per heavy atom. The van der Waals surface area contributed by atoms with Crippen LogP contribution < -0.4 is 15.8 Å². The molecular weight excluding hydrogens is 288 g/mol. The average Bonchev–Trinajstić information content (AvgIpc) is 2.53. The number of nitrogens with one attached hydrogen (secondary N) is 1. The first-order valence-corrected chi connectivity index (χ1v) is 7.85. The highest BCUT2D eigenvalue weighted by molar-refractivity contribution is 5.81. The van der Waals surface area contributed by atoms with Crippen LogP contribution in [0.5, 0.6) is 5.75 Å². The van der Waals surface area contributed by atoms with E-state index in [1.54, 1.807) is 0 Å². The van der Waals surface area contributed by atoms with Gasteiger partial charge in [0.1, 0.15) is 11.8 Å². The predicted molar refractivity (Wildman–Crippen MR) is 92.1 cm³/mol. The molecule has 0 fully saturated rings. The molecule has 4 nitrogen and oxygen atoms in total. The van der Waals surface area contributed by atoms with Crippen LogP contribution in [0.2, 0.25) is 0 Å². The van der Waals surface area contributed by atoms with Gasteiger partial charge in [-0.2, -0.15) is 0 Å². The van der Waals surface area contributed by atoms with Crippen molar-refractivity contribution < 1.29 is 9.53 Å². The van der Waals surface area contributed by atoms with Gasteiger partial charge < -0.3 is 10.5 Å². The molecule has 1 amide bonds. The minimum absolute atomic E-state index is 0.0809. The Morgan fingerprint density at radius 2 is 1.61 bits per heavy atom. The van der Waals surface area contributed by atoms with Crippen LogP contribution in [0.4, 0.5) is 0 Å². The third-order valence-electron chi connectivity index (χ3n) is 3.58. The van der Waals surface area contributed by atoms with Gasteiger partial charge in [-0.3, -0.25) is 10.1 Å². The summed E-state index contributed by atoms with van der Waals surface area (Å²) in [7, 11) is 0. The van der Waals surface area contributed by atoms with Crippen molar-refractivity contribution in [3.8, 4) is 5.75 Å². The van der Waals surface area contributed by atoms with E-state index in [1.165, 1.54) is 0 Å². The molecule has 2 unspecified atom stereocenters. The topological polar surface area (TPSA) is 64.3 Å². The van der Waals surface area contributed by atoms with Gasteiger partial charge in [-0.1, -0.05) is 48.5 Å². The number of carbonyl (C=O) groups is 1. The maximum atomic E-state index is 11.9. The summed E-state index contributed by atoms with van der Waals surface area (Å²) >= 11 is 0. The lowest BCUT2D eigenvalue weighted by Crippen LogP contribution is -2.35. The van der Waals surface area contributed by atoms with Crippen LogP contribution in [0, 0.1) is 0 Å². The fraction of sp³-hybridized carbons (Fsp3) is 0.316. The van der Waals surface area contributed by atoms with Gasteiger partial charge in [-0.15, -0.1) is 0 Å². The molecule has 0 heterocycles. The molecule has 2 aromatic rings. The summed E-state index contributed by atoms with van der Waals surface area (Å²) in [5.74, 6) is 0.420. The van der Waals surface area contributed by atoms with Gasteiger partial charge in [0.25, 0.3) is 0 Å². The smallest absolute Gasteiger partial charge is 0.239 e. The maximum absolute atomic E-state index is 11.9. The number of carbonyl (C=O) groups excluding carboxylic acids is 1. The first-order chi connectivity index (χ1) is 11.0. The second kappa shape index (κ2) is 7.79. The number of primary amides is 1. The van der Waals surface area contributed by atoms with Crippen LogP contribution in [0.1, 0.15) is 44.0 Å². The van der Waals surface area contributed by atoms with Gasteiger partial charge in [0, 0.05) is 11.6 Å². The largest absolute Gasteiger partial charge is 0.491 e. The average molecular weight is 312 g/mol. The zero-order valence-electron chi connectivity index (χ0n) is 13.8. The van der Waals surface area contributed by atoms with Crippen molar-refractivity contribution in [2.24, 2.45) is 5.73 Å². The SMILES string of the molecule is CC(C)Oc1ccccc1C(C)NC(C(N)=O)c1ccccc1. The Kier molecular flexibility index (Phi) is 5.77. The van der Waals surface area contributed by atoms with Crippen molar-refractivity contribution in [2.75, 3.05) is 0 Å². The molecule has 0 aliphatic carbocycles. The molecule has 0 radical (unpaired) electrons. The van der Waals surface area contributed by atoms with E-state index < -0.39 is 11.9 Å². The minimum atomic E-state index is -0.543. The lowest BCUT2D eigenvalue weighted by molar-refractivity contribution is -0.120. The summed E-state index contributed by atoms with van der Waals surface area (Å²) in [6.07, 6.45) is 0.0874. The zero-order valence-corrected chi connectivity index (χ0v) is 13.8. The number of amides is 1. The summed E-state index contributed by atoms with van der Waals surface area (Å²) in [6.45, 7) is 5.98. The Labute approximate surface area is 137 Å². The molecule has 0 saturated heterocycles. The molecule has 0 aliphatic heterocycles. The summed E-state index contributed by atoms with van der Waals surface area (Å²) < 4.78 is 5.86. The van der Waals surface area contributed by atoms with Gasteiger partial charge in [-0.25, -0.2) is 0 Å². The normalized spacial score (nSPS) is 13.6. The fourth-order valence-corrected chi connectivity index (χ4v) is 2.53. The van der Waals surface area contributed by atoms with Crippen molar-refractivity contribution in [1.82, 2.24) is 5.32 Å². The number of benzene rings is 2. The molecular formula is C19H24N2O2. The molecule has 2 atom stereocenters. The van der Waals surface area contributed by atoms with Gasteiger partial charge >= 0.3 is 0 Å². The van der Waals surface area contributed by atoms with Crippen molar-refractivity contribution in [1.29, 1.82) is 0 Å². The molecule has 0 aliphatic rings. The standard InChI is InChI=1S/C19H24N2O2/c1-13(2)23-17-12-8-7-11-16(17)14(3)21-18(19(20)22)15-9-5-4-6-10-15/h4-14,18,21H,1-3H3,(H2,20,22). The maximum Gasteiger partial charge on any atom is 0.239 e. The van der Waals surface area contributed by atoms with Gasteiger partial charge in [0.05, 0.1) is 6.10 Å². The number of nitrogens with two attached hydrogens (primary N) is 1. The number of ether oxygens (including phenoxy) is 1. The van der Waals surface area contributed by atoms with E-state index >= 15 is 0 Å². The number of rotatable bonds is 7. The Balaban J connectivity index is 2.23. The van der Waals surface area contributed by atoms with Gasteiger partial charge in [-0.05, 0) is 32.4 Å². The van der Waals surface area contributed by atoms with Crippen molar-refractivity contribution in [3.63, 3.8) is 0 Å².